The molecule has 6 heteroatoms. The van der Waals surface area contributed by atoms with Gasteiger partial charge in [-0.25, -0.2) is 0 Å². The van der Waals surface area contributed by atoms with Crippen LogP contribution >= 0.6 is 0 Å². The van der Waals surface area contributed by atoms with E-state index in [1.54, 1.807) is 30.3 Å². The zero-order valence-electron chi connectivity index (χ0n) is 16.0. The number of benzene rings is 2. The minimum Gasteiger partial charge on any atom is -0.490 e. The molecule has 0 saturated heterocycles. The Bertz CT molecular complexity index is 790. The Morgan fingerprint density at radius 1 is 0.926 bits per heavy atom. The summed E-state index contributed by atoms with van der Waals surface area (Å²) in [6.45, 7) is 6.84. The highest BCUT2D eigenvalue weighted by Gasteiger charge is 2.14. The van der Waals surface area contributed by atoms with Gasteiger partial charge in [0.05, 0.1) is 13.2 Å². The SMILES string of the molecule is CCCCOc1ccc(C(=O)NNC(=O)c2ccccc2C)cc1OCC. The average molecular weight is 370 g/mol. The van der Waals surface area contributed by atoms with Crippen LogP contribution in [-0.2, 0) is 0 Å². The van der Waals surface area contributed by atoms with E-state index in [4.69, 9.17) is 9.47 Å². The maximum absolute atomic E-state index is 12.4. The highest BCUT2D eigenvalue weighted by molar-refractivity contribution is 6.00. The van der Waals surface area contributed by atoms with Crippen LogP contribution in [0.2, 0.25) is 0 Å². The van der Waals surface area contributed by atoms with E-state index in [2.05, 4.69) is 17.8 Å². The Balaban J connectivity index is 2.03. The number of amides is 2. The van der Waals surface area contributed by atoms with Gasteiger partial charge in [-0.2, -0.15) is 0 Å². The summed E-state index contributed by atoms with van der Waals surface area (Å²) in [5.41, 5.74) is 6.57. The maximum Gasteiger partial charge on any atom is 0.269 e. The molecule has 2 aromatic rings. The molecule has 144 valence electrons. The predicted octanol–water partition coefficient (Wildman–Crippen LogP) is 3.65. The molecule has 0 fully saturated rings. The van der Waals surface area contributed by atoms with E-state index < -0.39 is 5.91 Å². The number of hydrogen-bond donors (Lipinski definition) is 2. The van der Waals surface area contributed by atoms with Crippen molar-refractivity contribution in [3.05, 3.63) is 59.2 Å². The van der Waals surface area contributed by atoms with Crippen molar-refractivity contribution in [1.29, 1.82) is 0 Å². The molecule has 2 amide bonds. The Kier molecular flexibility index (Phi) is 7.67. The average Bonchev–Trinajstić information content (AvgIpc) is 2.67. The van der Waals surface area contributed by atoms with E-state index in [9.17, 15) is 9.59 Å². The van der Waals surface area contributed by atoms with Crippen molar-refractivity contribution >= 4 is 11.8 Å². The topological polar surface area (TPSA) is 76.7 Å². The van der Waals surface area contributed by atoms with Gasteiger partial charge in [0.25, 0.3) is 11.8 Å². The molecule has 2 N–H and O–H groups in total. The lowest BCUT2D eigenvalue weighted by molar-refractivity contribution is 0.0846. The normalized spacial score (nSPS) is 10.2. The smallest absolute Gasteiger partial charge is 0.269 e. The summed E-state index contributed by atoms with van der Waals surface area (Å²) >= 11 is 0. The molecule has 0 unspecified atom stereocenters. The van der Waals surface area contributed by atoms with Gasteiger partial charge < -0.3 is 9.47 Å². The second-order valence-electron chi connectivity index (χ2n) is 6.02. The molecular formula is C21H26N2O4. The van der Waals surface area contributed by atoms with Gasteiger partial charge >= 0.3 is 0 Å². The molecule has 0 saturated carbocycles. The fourth-order valence-electron chi connectivity index (χ4n) is 2.44. The third-order valence-corrected chi connectivity index (χ3v) is 3.94. The molecule has 0 aromatic heterocycles. The van der Waals surface area contributed by atoms with Gasteiger partial charge in [0, 0.05) is 11.1 Å². The minimum absolute atomic E-state index is 0.367. The summed E-state index contributed by atoms with van der Waals surface area (Å²) in [5.74, 6) is 0.307. The van der Waals surface area contributed by atoms with E-state index in [1.807, 2.05) is 26.0 Å². The first-order valence-corrected chi connectivity index (χ1v) is 9.12. The Morgan fingerprint density at radius 2 is 1.67 bits per heavy atom. The Morgan fingerprint density at radius 3 is 2.37 bits per heavy atom. The molecule has 0 aliphatic rings. The summed E-state index contributed by atoms with van der Waals surface area (Å²) in [6.07, 6.45) is 1.98. The number of carbonyl (C=O) groups excluding carboxylic acids is 2. The van der Waals surface area contributed by atoms with E-state index in [1.165, 1.54) is 0 Å². The van der Waals surface area contributed by atoms with Crippen molar-refractivity contribution in [2.75, 3.05) is 13.2 Å². The zero-order valence-corrected chi connectivity index (χ0v) is 16.0. The first kappa shape index (κ1) is 20.3. The zero-order chi connectivity index (χ0) is 19.6. The van der Waals surface area contributed by atoms with Gasteiger partial charge in [-0.3, -0.25) is 20.4 Å². The van der Waals surface area contributed by atoms with E-state index >= 15 is 0 Å². The van der Waals surface area contributed by atoms with Gasteiger partial charge in [0.2, 0.25) is 0 Å². The molecule has 0 aliphatic heterocycles. The fraction of sp³-hybridized carbons (Fsp3) is 0.333. The quantitative estimate of drug-likeness (QED) is 0.549. The first-order valence-electron chi connectivity index (χ1n) is 9.12. The molecule has 6 nitrogen and oxygen atoms in total. The van der Waals surface area contributed by atoms with E-state index in [0.29, 0.717) is 35.8 Å². The van der Waals surface area contributed by atoms with Gasteiger partial charge in [0.15, 0.2) is 11.5 Å². The van der Waals surface area contributed by atoms with Crippen molar-refractivity contribution < 1.29 is 19.1 Å². The number of aryl methyl sites for hydroxylation is 1. The van der Waals surface area contributed by atoms with Crippen LogP contribution in [0.25, 0.3) is 0 Å². The summed E-state index contributed by atoms with van der Waals surface area (Å²) in [5, 5.41) is 0. The molecule has 0 radical (unpaired) electrons. The van der Waals surface area contributed by atoms with Gasteiger partial charge in [-0.1, -0.05) is 31.5 Å². The monoisotopic (exact) mass is 370 g/mol. The number of nitrogens with one attached hydrogen (secondary N) is 2. The lowest BCUT2D eigenvalue weighted by Crippen LogP contribution is -2.41. The van der Waals surface area contributed by atoms with E-state index in [-0.39, 0.29) is 5.91 Å². The van der Waals surface area contributed by atoms with Crippen LogP contribution < -0.4 is 20.3 Å². The number of carbonyl (C=O) groups is 2. The van der Waals surface area contributed by atoms with Crippen LogP contribution in [0.5, 0.6) is 11.5 Å². The lowest BCUT2D eigenvalue weighted by atomic mass is 10.1. The van der Waals surface area contributed by atoms with Gasteiger partial charge in [-0.15, -0.1) is 0 Å². The lowest BCUT2D eigenvalue weighted by Gasteiger charge is -2.14. The molecule has 0 bridgehead atoms. The van der Waals surface area contributed by atoms with Crippen molar-refractivity contribution in [2.24, 2.45) is 0 Å². The molecule has 2 aromatic carbocycles. The highest BCUT2D eigenvalue weighted by Crippen LogP contribution is 2.28. The van der Waals surface area contributed by atoms with Crippen LogP contribution in [0.3, 0.4) is 0 Å². The first-order chi connectivity index (χ1) is 13.1. The minimum atomic E-state index is -0.432. The Hall–Kier alpha value is -3.02. The van der Waals surface area contributed by atoms with E-state index in [0.717, 1.165) is 18.4 Å². The van der Waals surface area contributed by atoms with Crippen molar-refractivity contribution in [1.82, 2.24) is 10.9 Å². The number of rotatable bonds is 8. The van der Waals surface area contributed by atoms with Gasteiger partial charge in [0.1, 0.15) is 0 Å². The van der Waals surface area contributed by atoms with Crippen LogP contribution in [0.15, 0.2) is 42.5 Å². The molecule has 0 atom stereocenters. The third kappa shape index (κ3) is 5.74. The summed E-state index contributed by atoms with van der Waals surface area (Å²) in [6, 6.07) is 12.1. The molecule has 0 aliphatic carbocycles. The summed E-state index contributed by atoms with van der Waals surface area (Å²) in [4.78, 5) is 24.6. The molecule has 0 heterocycles. The van der Waals surface area contributed by atoms with Gasteiger partial charge in [-0.05, 0) is 50.1 Å². The fourth-order valence-corrected chi connectivity index (χ4v) is 2.44. The summed E-state index contributed by atoms with van der Waals surface area (Å²) in [7, 11) is 0. The second kappa shape index (κ2) is 10.2. The third-order valence-electron chi connectivity index (χ3n) is 3.94. The Labute approximate surface area is 159 Å². The number of ether oxygens (including phenoxy) is 2. The standard InChI is InChI=1S/C21H26N2O4/c1-4-6-13-27-18-12-11-16(14-19(18)26-5-2)20(24)22-23-21(25)17-10-8-7-9-15(17)3/h7-12,14H,4-6,13H2,1-3H3,(H,22,24)(H,23,25). The predicted molar refractivity (Wildman–Crippen MR) is 104 cm³/mol. The van der Waals surface area contributed by atoms with Crippen LogP contribution in [0.4, 0.5) is 0 Å². The summed E-state index contributed by atoms with van der Waals surface area (Å²) < 4.78 is 11.3. The number of hydrazine groups is 1. The number of hydrogen-bond acceptors (Lipinski definition) is 4. The molecule has 0 spiro atoms. The van der Waals surface area contributed by atoms with Crippen molar-refractivity contribution in [3.8, 4) is 11.5 Å². The van der Waals surface area contributed by atoms with Crippen LogP contribution in [0, 0.1) is 6.92 Å². The van der Waals surface area contributed by atoms with Crippen molar-refractivity contribution in [2.45, 2.75) is 33.6 Å². The number of unbranched alkanes of at least 4 members (excludes halogenated alkanes) is 1. The van der Waals surface area contributed by atoms with Crippen LogP contribution in [0.1, 0.15) is 53.0 Å². The molecule has 2 rings (SSSR count). The second-order valence-corrected chi connectivity index (χ2v) is 6.02. The van der Waals surface area contributed by atoms with Crippen molar-refractivity contribution in [3.63, 3.8) is 0 Å². The molecule has 27 heavy (non-hydrogen) atoms. The molecular weight excluding hydrogens is 344 g/mol. The maximum atomic E-state index is 12.4. The van der Waals surface area contributed by atoms with Crippen LogP contribution in [-0.4, -0.2) is 25.0 Å². The largest absolute Gasteiger partial charge is 0.490 e. The highest BCUT2D eigenvalue weighted by atomic mass is 16.5.